The predicted octanol–water partition coefficient (Wildman–Crippen LogP) is 3.07. The maximum absolute atomic E-state index is 10.5. The fourth-order valence-corrected chi connectivity index (χ4v) is 2.36. The van der Waals surface area contributed by atoms with Gasteiger partial charge in [-0.25, -0.2) is 0 Å². The Morgan fingerprint density at radius 2 is 1.85 bits per heavy atom. The van der Waals surface area contributed by atoms with Crippen molar-refractivity contribution in [3.05, 3.63) is 59.9 Å². The molecule has 0 amide bonds. The van der Waals surface area contributed by atoms with Gasteiger partial charge in [-0.2, -0.15) is 4.57 Å². The van der Waals surface area contributed by atoms with Crippen molar-refractivity contribution in [2.24, 2.45) is 0 Å². The highest BCUT2D eigenvalue weighted by Crippen LogP contribution is 2.10. The maximum atomic E-state index is 10.5. The second-order valence-corrected chi connectivity index (χ2v) is 4.93. The van der Waals surface area contributed by atoms with Crippen LogP contribution in [0.25, 0.3) is 5.69 Å². The van der Waals surface area contributed by atoms with Crippen molar-refractivity contribution in [2.75, 3.05) is 0 Å². The van der Waals surface area contributed by atoms with Gasteiger partial charge in [0.1, 0.15) is 0 Å². The molecule has 0 fully saturated rings. The molecule has 0 unspecified atom stereocenters. The number of aromatic nitrogens is 1. The summed E-state index contributed by atoms with van der Waals surface area (Å²) in [6.07, 6.45) is 4.88. The summed E-state index contributed by atoms with van der Waals surface area (Å²) in [4.78, 5) is 10.5. The molecule has 0 saturated heterocycles. The van der Waals surface area contributed by atoms with Crippen LogP contribution in [0.2, 0.25) is 0 Å². The summed E-state index contributed by atoms with van der Waals surface area (Å²) in [6, 6.07) is 14.4. The molecular formula is C17H20NO2+. The van der Waals surface area contributed by atoms with E-state index in [4.69, 9.17) is 5.11 Å². The number of hydrogen-bond donors (Lipinski definition) is 1. The molecule has 1 aromatic heterocycles. The summed E-state index contributed by atoms with van der Waals surface area (Å²) >= 11 is 0. The molecule has 0 radical (unpaired) electrons. The van der Waals surface area contributed by atoms with Crippen LogP contribution in [0.5, 0.6) is 0 Å². The van der Waals surface area contributed by atoms with Gasteiger partial charge in [0.15, 0.2) is 11.9 Å². The smallest absolute Gasteiger partial charge is 0.303 e. The van der Waals surface area contributed by atoms with E-state index in [0.29, 0.717) is 0 Å². The molecule has 1 N–H and O–H groups in total. The van der Waals surface area contributed by atoms with Gasteiger partial charge in [-0.05, 0) is 25.3 Å². The molecule has 0 spiro atoms. The van der Waals surface area contributed by atoms with Crippen molar-refractivity contribution in [3.8, 4) is 5.69 Å². The average Bonchev–Trinajstić information content (AvgIpc) is 2.46. The van der Waals surface area contributed by atoms with Crippen molar-refractivity contribution < 1.29 is 14.5 Å². The lowest BCUT2D eigenvalue weighted by Gasteiger charge is -2.05. The standard InChI is InChI=1S/C17H19NO2/c1-14-15(8-5-6-12-17(19)20)9-7-13-18(14)16-10-3-2-4-11-16/h2-4,7,9-11,13H,5-6,8,12H2,1H3/p+1. The third-order valence-electron chi connectivity index (χ3n) is 3.48. The van der Waals surface area contributed by atoms with Gasteiger partial charge in [0.05, 0.1) is 0 Å². The Hall–Kier alpha value is -2.16. The van der Waals surface area contributed by atoms with Gasteiger partial charge >= 0.3 is 5.97 Å². The minimum atomic E-state index is -0.714. The van der Waals surface area contributed by atoms with Crippen LogP contribution in [0.4, 0.5) is 0 Å². The van der Waals surface area contributed by atoms with Crippen molar-refractivity contribution >= 4 is 5.97 Å². The van der Waals surface area contributed by atoms with E-state index < -0.39 is 5.97 Å². The molecule has 2 aromatic rings. The summed E-state index contributed by atoms with van der Waals surface area (Å²) in [6.45, 7) is 2.11. The second kappa shape index (κ2) is 6.85. The molecule has 104 valence electrons. The Bertz CT molecular complexity index is 579. The highest BCUT2D eigenvalue weighted by Gasteiger charge is 2.13. The first-order chi connectivity index (χ1) is 9.68. The van der Waals surface area contributed by atoms with Crippen LogP contribution >= 0.6 is 0 Å². The number of carbonyl (C=O) groups is 1. The van der Waals surface area contributed by atoms with Crippen molar-refractivity contribution in [1.82, 2.24) is 0 Å². The van der Waals surface area contributed by atoms with Crippen LogP contribution in [-0.4, -0.2) is 11.1 Å². The van der Waals surface area contributed by atoms with Gasteiger partial charge in [-0.3, -0.25) is 4.79 Å². The maximum Gasteiger partial charge on any atom is 0.303 e. The number of hydrogen-bond acceptors (Lipinski definition) is 1. The zero-order chi connectivity index (χ0) is 14.4. The number of benzene rings is 1. The third-order valence-corrected chi connectivity index (χ3v) is 3.48. The highest BCUT2D eigenvalue weighted by molar-refractivity contribution is 5.66. The van der Waals surface area contributed by atoms with E-state index in [1.807, 2.05) is 24.3 Å². The van der Waals surface area contributed by atoms with E-state index in [0.717, 1.165) is 24.9 Å². The zero-order valence-electron chi connectivity index (χ0n) is 11.7. The van der Waals surface area contributed by atoms with Crippen LogP contribution in [0.15, 0.2) is 48.7 Å². The molecule has 0 aliphatic rings. The number of aliphatic carboxylic acids is 1. The van der Waals surface area contributed by atoms with Crippen LogP contribution in [0.3, 0.4) is 0 Å². The van der Waals surface area contributed by atoms with E-state index in [2.05, 4.69) is 35.9 Å². The Kier molecular flexibility index (Phi) is 4.88. The summed E-state index contributed by atoms with van der Waals surface area (Å²) < 4.78 is 2.17. The molecule has 0 atom stereocenters. The Balaban J connectivity index is 2.10. The summed E-state index contributed by atoms with van der Waals surface area (Å²) in [5.41, 5.74) is 3.65. The van der Waals surface area contributed by atoms with Gasteiger partial charge in [0.2, 0.25) is 5.69 Å². The number of unbranched alkanes of at least 4 members (excludes halogenated alkanes) is 1. The van der Waals surface area contributed by atoms with Gasteiger partial charge < -0.3 is 5.11 Å². The van der Waals surface area contributed by atoms with Crippen molar-refractivity contribution in [3.63, 3.8) is 0 Å². The van der Waals surface area contributed by atoms with Crippen molar-refractivity contribution in [1.29, 1.82) is 0 Å². The monoisotopic (exact) mass is 270 g/mol. The summed E-state index contributed by atoms with van der Waals surface area (Å²) in [5, 5.41) is 8.65. The van der Waals surface area contributed by atoms with Crippen LogP contribution in [0, 0.1) is 6.92 Å². The van der Waals surface area contributed by atoms with E-state index in [1.54, 1.807) is 0 Å². The van der Waals surface area contributed by atoms with Crippen molar-refractivity contribution in [2.45, 2.75) is 32.6 Å². The SMILES string of the molecule is Cc1c(CCCCC(=O)O)ccc[n+]1-c1ccccc1. The van der Waals surface area contributed by atoms with Gasteiger partial charge in [-0.1, -0.05) is 18.2 Å². The molecule has 1 aromatic carbocycles. The number of carboxylic acids is 1. The topological polar surface area (TPSA) is 41.2 Å². The molecule has 3 heteroatoms. The number of aryl methyl sites for hydroxylation is 1. The van der Waals surface area contributed by atoms with Gasteiger partial charge in [0, 0.05) is 37.1 Å². The molecule has 0 aliphatic heterocycles. The molecule has 0 aliphatic carbocycles. The second-order valence-electron chi connectivity index (χ2n) is 4.93. The fourth-order valence-electron chi connectivity index (χ4n) is 2.36. The number of para-hydroxylation sites is 1. The molecule has 3 nitrogen and oxygen atoms in total. The van der Waals surface area contributed by atoms with E-state index in [9.17, 15) is 4.79 Å². The third kappa shape index (κ3) is 3.67. The van der Waals surface area contributed by atoms with Gasteiger partial charge in [0.25, 0.3) is 0 Å². The number of nitrogens with zero attached hydrogens (tertiary/aromatic N) is 1. The van der Waals surface area contributed by atoms with Gasteiger partial charge in [-0.15, -0.1) is 0 Å². The number of carboxylic acid groups (broad SMARTS) is 1. The largest absolute Gasteiger partial charge is 0.481 e. The lowest BCUT2D eigenvalue weighted by Crippen LogP contribution is -2.34. The molecule has 20 heavy (non-hydrogen) atoms. The Labute approximate surface area is 119 Å². The van der Waals surface area contributed by atoms with E-state index in [1.165, 1.54) is 11.3 Å². The first-order valence-corrected chi connectivity index (χ1v) is 6.96. The first-order valence-electron chi connectivity index (χ1n) is 6.96. The Morgan fingerprint density at radius 3 is 2.55 bits per heavy atom. The lowest BCUT2D eigenvalue weighted by molar-refractivity contribution is -0.603. The summed E-state index contributed by atoms with van der Waals surface area (Å²) in [5.74, 6) is -0.714. The molecule has 1 heterocycles. The van der Waals surface area contributed by atoms with E-state index >= 15 is 0 Å². The normalized spacial score (nSPS) is 10.4. The first kappa shape index (κ1) is 14.3. The number of pyridine rings is 1. The predicted molar refractivity (Wildman–Crippen MR) is 77.9 cm³/mol. The fraction of sp³-hybridized carbons (Fsp3) is 0.294. The summed E-state index contributed by atoms with van der Waals surface area (Å²) in [7, 11) is 0. The van der Waals surface area contributed by atoms with Crippen LogP contribution in [-0.2, 0) is 11.2 Å². The van der Waals surface area contributed by atoms with Crippen LogP contribution < -0.4 is 4.57 Å². The molecule has 2 rings (SSSR count). The van der Waals surface area contributed by atoms with E-state index in [-0.39, 0.29) is 6.42 Å². The molecular weight excluding hydrogens is 250 g/mol. The average molecular weight is 270 g/mol. The highest BCUT2D eigenvalue weighted by atomic mass is 16.4. The lowest BCUT2D eigenvalue weighted by atomic mass is 10.1. The number of rotatable bonds is 6. The zero-order valence-corrected chi connectivity index (χ0v) is 11.7. The minimum Gasteiger partial charge on any atom is -0.481 e. The quantitative estimate of drug-likeness (QED) is 0.647. The minimum absolute atomic E-state index is 0.255. The van der Waals surface area contributed by atoms with Crippen LogP contribution in [0.1, 0.15) is 30.5 Å². The molecule has 0 saturated carbocycles. The molecule has 0 bridgehead atoms. The Morgan fingerprint density at radius 1 is 1.10 bits per heavy atom.